The second-order valence-corrected chi connectivity index (χ2v) is 6.81. The Labute approximate surface area is 158 Å². The number of hydrogen-bond donors (Lipinski definition) is 1. The zero-order valence-corrected chi connectivity index (χ0v) is 15.4. The maximum atomic E-state index is 13.0. The Morgan fingerprint density at radius 3 is 2.41 bits per heavy atom. The minimum absolute atomic E-state index is 0.238. The molecule has 1 saturated heterocycles. The molecule has 0 aliphatic carbocycles. The van der Waals surface area contributed by atoms with E-state index in [9.17, 15) is 28.1 Å². The highest BCUT2D eigenvalue weighted by Gasteiger charge is 2.37. The van der Waals surface area contributed by atoms with Crippen LogP contribution >= 0.6 is 11.6 Å². The Kier molecular flexibility index (Phi) is 6.53. The number of carbonyl (C=O) groups excluding carboxylic acids is 1. The Morgan fingerprint density at radius 2 is 1.93 bits per heavy atom. The molecule has 1 fully saturated rings. The predicted molar refractivity (Wildman–Crippen MR) is 92.8 cm³/mol. The van der Waals surface area contributed by atoms with Gasteiger partial charge in [-0.05, 0) is 12.0 Å². The van der Waals surface area contributed by atoms with Crippen LogP contribution in [0, 0.1) is 16.0 Å². The van der Waals surface area contributed by atoms with Crippen molar-refractivity contribution in [2.45, 2.75) is 26.1 Å². The van der Waals surface area contributed by atoms with E-state index in [2.05, 4.69) is 5.32 Å². The summed E-state index contributed by atoms with van der Waals surface area (Å²) in [6.45, 7) is 4.96. The maximum Gasteiger partial charge on any atom is 0.418 e. The fourth-order valence-corrected chi connectivity index (χ4v) is 2.98. The van der Waals surface area contributed by atoms with Crippen LogP contribution in [0.2, 0.25) is 5.02 Å². The van der Waals surface area contributed by atoms with Crippen LogP contribution < -0.4 is 5.32 Å². The van der Waals surface area contributed by atoms with Gasteiger partial charge < -0.3 is 15.0 Å². The number of halogens is 4. The largest absolute Gasteiger partial charge is 0.418 e. The summed E-state index contributed by atoms with van der Waals surface area (Å²) in [6.07, 6.45) is -4.83. The molecule has 0 radical (unpaired) electrons. The summed E-state index contributed by atoms with van der Waals surface area (Å²) in [7, 11) is 0. The van der Waals surface area contributed by atoms with Crippen LogP contribution in [0.25, 0.3) is 0 Å². The zero-order valence-electron chi connectivity index (χ0n) is 14.7. The number of amides is 1. The number of rotatable bonds is 5. The Bertz CT molecular complexity index is 722. The maximum absolute atomic E-state index is 13.0. The summed E-state index contributed by atoms with van der Waals surface area (Å²) in [5.41, 5.74) is -2.34. The molecule has 1 aromatic rings. The average molecular weight is 410 g/mol. The highest BCUT2D eigenvalue weighted by molar-refractivity contribution is 6.31. The molecular formula is C16H19ClF3N3O4. The molecule has 7 nitrogen and oxygen atoms in total. The first-order valence-corrected chi connectivity index (χ1v) is 8.58. The van der Waals surface area contributed by atoms with E-state index in [1.165, 1.54) is 0 Å². The second-order valence-electron chi connectivity index (χ2n) is 6.41. The number of nitro groups is 1. The standard InChI is InChI=1S/C16H19ClF3N3O4/c1-9(2)14(15(24)22-3-5-27-6-4-22)21-12-8-11(17)10(16(18,19)20)7-13(12)23(25)26/h7-9,14,21H,3-6H2,1-2H3. The average Bonchev–Trinajstić information content (AvgIpc) is 2.58. The molecule has 1 N–H and O–H groups in total. The van der Waals surface area contributed by atoms with Crippen LogP contribution in [0.1, 0.15) is 19.4 Å². The lowest BCUT2D eigenvalue weighted by molar-refractivity contribution is -0.384. The molecule has 1 amide bonds. The Hall–Kier alpha value is -2.07. The summed E-state index contributed by atoms with van der Waals surface area (Å²) in [5, 5.41) is 13.3. The van der Waals surface area contributed by atoms with Crippen molar-refractivity contribution in [3.8, 4) is 0 Å². The van der Waals surface area contributed by atoms with E-state index in [-0.39, 0.29) is 17.5 Å². The van der Waals surface area contributed by atoms with Crippen molar-refractivity contribution in [3.63, 3.8) is 0 Å². The van der Waals surface area contributed by atoms with Crippen molar-refractivity contribution >= 4 is 28.9 Å². The number of nitrogens with zero attached hydrogens (tertiary/aromatic N) is 2. The normalized spacial score (nSPS) is 16.3. The van der Waals surface area contributed by atoms with Gasteiger partial charge in [-0.1, -0.05) is 25.4 Å². The van der Waals surface area contributed by atoms with Gasteiger partial charge in [-0.15, -0.1) is 0 Å². The van der Waals surface area contributed by atoms with Crippen molar-refractivity contribution in [1.29, 1.82) is 0 Å². The van der Waals surface area contributed by atoms with Crippen LogP contribution in [0.4, 0.5) is 24.5 Å². The third kappa shape index (κ3) is 5.01. The SMILES string of the molecule is CC(C)C(Nc1cc(Cl)c(C(F)(F)F)cc1[N+](=O)[O-])C(=O)N1CCOCC1. The van der Waals surface area contributed by atoms with Gasteiger partial charge in [0.25, 0.3) is 5.69 Å². The smallest absolute Gasteiger partial charge is 0.378 e. The number of carbonyl (C=O) groups is 1. The molecule has 1 heterocycles. The third-order valence-electron chi connectivity index (χ3n) is 4.15. The first-order valence-electron chi connectivity index (χ1n) is 8.20. The molecule has 1 aliphatic rings. The van der Waals surface area contributed by atoms with Crippen molar-refractivity contribution in [2.24, 2.45) is 5.92 Å². The Morgan fingerprint density at radius 1 is 1.33 bits per heavy atom. The van der Waals surface area contributed by atoms with Gasteiger partial charge in [0.2, 0.25) is 5.91 Å². The monoisotopic (exact) mass is 409 g/mol. The van der Waals surface area contributed by atoms with E-state index in [4.69, 9.17) is 16.3 Å². The number of nitro benzene ring substituents is 1. The van der Waals surface area contributed by atoms with E-state index >= 15 is 0 Å². The molecule has 0 spiro atoms. The lowest BCUT2D eigenvalue weighted by atomic mass is 10.0. The number of morpholine rings is 1. The molecule has 0 aromatic heterocycles. The highest BCUT2D eigenvalue weighted by Crippen LogP contribution is 2.40. The lowest BCUT2D eigenvalue weighted by Gasteiger charge is -2.32. The van der Waals surface area contributed by atoms with Crippen molar-refractivity contribution in [2.75, 3.05) is 31.6 Å². The number of benzene rings is 1. The van der Waals surface area contributed by atoms with Gasteiger partial charge in [0, 0.05) is 19.2 Å². The van der Waals surface area contributed by atoms with Gasteiger partial charge in [0.15, 0.2) is 0 Å². The fraction of sp³-hybridized carbons (Fsp3) is 0.562. The fourth-order valence-electron chi connectivity index (χ4n) is 2.71. The van der Waals surface area contributed by atoms with E-state index in [0.717, 1.165) is 6.07 Å². The van der Waals surface area contributed by atoms with Gasteiger partial charge in [0.05, 0.1) is 28.7 Å². The first-order chi connectivity index (χ1) is 12.5. The molecular weight excluding hydrogens is 391 g/mol. The molecule has 1 unspecified atom stereocenters. The molecule has 1 atom stereocenters. The number of nitrogens with one attached hydrogen (secondary N) is 1. The summed E-state index contributed by atoms with van der Waals surface area (Å²) in [6, 6.07) is 0.348. The molecule has 1 aliphatic heterocycles. The van der Waals surface area contributed by atoms with E-state index in [0.29, 0.717) is 32.4 Å². The quantitative estimate of drug-likeness (QED) is 0.593. The third-order valence-corrected chi connectivity index (χ3v) is 4.47. The van der Waals surface area contributed by atoms with Crippen molar-refractivity contribution < 1.29 is 27.6 Å². The lowest BCUT2D eigenvalue weighted by Crippen LogP contribution is -2.49. The number of alkyl halides is 3. The molecule has 0 saturated carbocycles. The van der Waals surface area contributed by atoms with Crippen molar-refractivity contribution in [1.82, 2.24) is 4.90 Å². The zero-order chi connectivity index (χ0) is 20.4. The van der Waals surface area contributed by atoms with Gasteiger partial charge in [-0.3, -0.25) is 14.9 Å². The minimum Gasteiger partial charge on any atom is -0.378 e. The minimum atomic E-state index is -4.83. The van der Waals surface area contributed by atoms with Crippen molar-refractivity contribution in [3.05, 3.63) is 32.8 Å². The second kappa shape index (κ2) is 8.30. The van der Waals surface area contributed by atoms with Crippen LogP contribution in [-0.2, 0) is 15.7 Å². The summed E-state index contributed by atoms with van der Waals surface area (Å²) < 4.78 is 44.1. The summed E-state index contributed by atoms with van der Waals surface area (Å²) in [5.74, 6) is -0.584. The predicted octanol–water partition coefficient (Wildman–Crippen LogP) is 3.56. The van der Waals surface area contributed by atoms with Gasteiger partial charge >= 0.3 is 6.18 Å². The van der Waals surface area contributed by atoms with Crippen LogP contribution in [0.3, 0.4) is 0 Å². The molecule has 27 heavy (non-hydrogen) atoms. The molecule has 150 valence electrons. The van der Waals surface area contributed by atoms with Crippen LogP contribution in [0.15, 0.2) is 12.1 Å². The molecule has 2 rings (SSSR count). The van der Waals surface area contributed by atoms with E-state index in [1.54, 1.807) is 18.7 Å². The van der Waals surface area contributed by atoms with Gasteiger partial charge in [0.1, 0.15) is 11.7 Å². The van der Waals surface area contributed by atoms with Gasteiger partial charge in [-0.25, -0.2) is 0 Å². The molecule has 0 bridgehead atoms. The van der Waals surface area contributed by atoms with E-state index in [1.807, 2.05) is 0 Å². The molecule has 1 aromatic carbocycles. The number of anilines is 1. The van der Waals surface area contributed by atoms with E-state index < -0.39 is 33.4 Å². The summed E-state index contributed by atoms with van der Waals surface area (Å²) >= 11 is 5.69. The highest BCUT2D eigenvalue weighted by atomic mass is 35.5. The number of hydrogen-bond acceptors (Lipinski definition) is 5. The van der Waals surface area contributed by atoms with Crippen LogP contribution in [-0.4, -0.2) is 48.1 Å². The Balaban J connectivity index is 2.38. The topological polar surface area (TPSA) is 84.7 Å². The first kappa shape index (κ1) is 21.2. The number of ether oxygens (including phenoxy) is 1. The van der Waals surface area contributed by atoms with Crippen LogP contribution in [0.5, 0.6) is 0 Å². The van der Waals surface area contributed by atoms with Gasteiger partial charge in [-0.2, -0.15) is 13.2 Å². The summed E-state index contributed by atoms with van der Waals surface area (Å²) in [4.78, 5) is 24.7. The molecule has 11 heteroatoms.